The van der Waals surface area contributed by atoms with Crippen LogP contribution in [0.2, 0.25) is 0 Å². The molecular formula is C15H12F2N2O2. The molecule has 0 radical (unpaired) electrons. The minimum Gasteiger partial charge on any atom is -0.472 e. The van der Waals surface area contributed by atoms with Gasteiger partial charge in [0.05, 0.1) is 12.6 Å². The zero-order chi connectivity index (χ0) is 15.4. The summed E-state index contributed by atoms with van der Waals surface area (Å²) in [6, 6.07) is 4.34. The molecule has 0 aliphatic carbocycles. The number of nitrogens with zero attached hydrogens (tertiary/aromatic N) is 2. The van der Waals surface area contributed by atoms with E-state index in [0.29, 0.717) is 5.82 Å². The Kier molecular flexibility index (Phi) is 4.33. The number of ether oxygens (including phenoxy) is 1. The van der Waals surface area contributed by atoms with Crippen molar-refractivity contribution in [1.82, 2.24) is 9.55 Å². The molecule has 1 aromatic heterocycles. The molecule has 0 amide bonds. The average molecular weight is 290 g/mol. The molecule has 1 heterocycles. The topological polar surface area (TPSA) is 44.1 Å². The molecule has 4 nitrogen and oxygen atoms in total. The van der Waals surface area contributed by atoms with E-state index in [2.05, 4.69) is 10.9 Å². The summed E-state index contributed by atoms with van der Waals surface area (Å²) in [5, 5.41) is 0. The molecule has 108 valence electrons. The van der Waals surface area contributed by atoms with E-state index in [0.717, 1.165) is 12.1 Å². The van der Waals surface area contributed by atoms with Crippen molar-refractivity contribution in [2.45, 2.75) is 20.1 Å². The Hall–Kier alpha value is -2.68. The van der Waals surface area contributed by atoms with Crippen molar-refractivity contribution in [2.75, 3.05) is 0 Å². The minimum absolute atomic E-state index is 0.0643. The SMILES string of the molecule is C#CCn1c(C)nc(OCc2ccc(F)cc2F)cc1=O. The van der Waals surface area contributed by atoms with Crippen LogP contribution in [0.15, 0.2) is 29.1 Å². The Morgan fingerprint density at radius 2 is 2.14 bits per heavy atom. The fraction of sp³-hybridized carbons (Fsp3) is 0.200. The Balaban J connectivity index is 2.17. The molecule has 21 heavy (non-hydrogen) atoms. The zero-order valence-corrected chi connectivity index (χ0v) is 11.3. The van der Waals surface area contributed by atoms with E-state index in [4.69, 9.17) is 11.2 Å². The van der Waals surface area contributed by atoms with Gasteiger partial charge in [0, 0.05) is 11.6 Å². The first-order chi connectivity index (χ1) is 10.0. The molecule has 0 spiro atoms. The van der Waals surface area contributed by atoms with Crippen LogP contribution in [0.3, 0.4) is 0 Å². The summed E-state index contributed by atoms with van der Waals surface area (Å²) in [5.41, 5.74) is -0.182. The highest BCUT2D eigenvalue weighted by atomic mass is 19.1. The van der Waals surface area contributed by atoms with Crippen molar-refractivity contribution in [3.63, 3.8) is 0 Å². The van der Waals surface area contributed by atoms with E-state index >= 15 is 0 Å². The quantitative estimate of drug-likeness (QED) is 0.809. The highest BCUT2D eigenvalue weighted by Gasteiger charge is 2.08. The maximum atomic E-state index is 13.4. The van der Waals surface area contributed by atoms with Crippen LogP contribution in [-0.4, -0.2) is 9.55 Å². The Labute approximate surface area is 120 Å². The van der Waals surface area contributed by atoms with Crippen molar-refractivity contribution in [2.24, 2.45) is 0 Å². The second-order valence-electron chi connectivity index (χ2n) is 4.29. The van der Waals surface area contributed by atoms with Gasteiger partial charge >= 0.3 is 0 Å². The summed E-state index contributed by atoms with van der Waals surface area (Å²) in [5.74, 6) is 1.44. The van der Waals surface area contributed by atoms with Gasteiger partial charge in [-0.2, -0.15) is 0 Å². The summed E-state index contributed by atoms with van der Waals surface area (Å²) in [6.45, 7) is 1.58. The fourth-order valence-electron chi connectivity index (χ4n) is 1.74. The molecule has 0 unspecified atom stereocenters. The first-order valence-electron chi connectivity index (χ1n) is 6.10. The summed E-state index contributed by atoms with van der Waals surface area (Å²) >= 11 is 0. The molecule has 0 fully saturated rings. The standard InChI is InChI=1S/C15H12F2N2O2/c1-3-6-19-10(2)18-14(8-15(19)20)21-9-11-4-5-12(16)7-13(11)17/h1,4-5,7-8H,6,9H2,2H3. The van der Waals surface area contributed by atoms with E-state index in [-0.39, 0.29) is 30.2 Å². The van der Waals surface area contributed by atoms with Crippen LogP contribution in [0.4, 0.5) is 8.78 Å². The van der Waals surface area contributed by atoms with Crippen molar-refractivity contribution < 1.29 is 13.5 Å². The molecule has 6 heteroatoms. The second-order valence-corrected chi connectivity index (χ2v) is 4.29. The van der Waals surface area contributed by atoms with Crippen LogP contribution < -0.4 is 10.3 Å². The average Bonchev–Trinajstić information content (AvgIpc) is 2.42. The van der Waals surface area contributed by atoms with Gasteiger partial charge in [0.25, 0.3) is 5.56 Å². The Morgan fingerprint density at radius 3 is 2.76 bits per heavy atom. The molecule has 1 aromatic carbocycles. The lowest BCUT2D eigenvalue weighted by Crippen LogP contribution is -2.23. The first-order valence-corrected chi connectivity index (χ1v) is 6.10. The lowest BCUT2D eigenvalue weighted by Gasteiger charge is -2.09. The molecular weight excluding hydrogens is 278 g/mol. The van der Waals surface area contributed by atoms with Gasteiger partial charge in [0.1, 0.15) is 24.1 Å². The predicted molar refractivity (Wildman–Crippen MR) is 72.8 cm³/mol. The first kappa shape index (κ1) is 14.7. The lowest BCUT2D eigenvalue weighted by molar-refractivity contribution is 0.285. The summed E-state index contributed by atoms with van der Waals surface area (Å²) in [4.78, 5) is 15.9. The summed E-state index contributed by atoms with van der Waals surface area (Å²) in [6.07, 6.45) is 5.16. The van der Waals surface area contributed by atoms with Gasteiger partial charge in [-0.15, -0.1) is 6.42 Å². The highest BCUT2D eigenvalue weighted by molar-refractivity contribution is 5.19. The maximum Gasteiger partial charge on any atom is 0.258 e. The van der Waals surface area contributed by atoms with E-state index in [1.54, 1.807) is 6.92 Å². The number of hydrogen-bond acceptors (Lipinski definition) is 3. The van der Waals surface area contributed by atoms with Crippen molar-refractivity contribution in [3.05, 3.63) is 57.6 Å². The van der Waals surface area contributed by atoms with Crippen molar-refractivity contribution >= 4 is 0 Å². The van der Waals surface area contributed by atoms with Crippen LogP contribution in [0.5, 0.6) is 5.88 Å². The monoisotopic (exact) mass is 290 g/mol. The molecule has 2 aromatic rings. The fourth-order valence-corrected chi connectivity index (χ4v) is 1.74. The predicted octanol–water partition coefficient (Wildman–Crippen LogP) is 2.04. The lowest BCUT2D eigenvalue weighted by atomic mass is 10.2. The number of rotatable bonds is 4. The third kappa shape index (κ3) is 3.45. The number of halogens is 2. The zero-order valence-electron chi connectivity index (χ0n) is 11.3. The normalized spacial score (nSPS) is 10.2. The molecule has 0 atom stereocenters. The Bertz CT molecular complexity index is 763. The molecule has 0 bridgehead atoms. The molecule has 0 N–H and O–H groups in total. The molecule has 0 saturated carbocycles. The number of aryl methyl sites for hydroxylation is 1. The molecule has 0 aliphatic rings. The van der Waals surface area contributed by atoms with E-state index < -0.39 is 11.6 Å². The molecule has 0 saturated heterocycles. The summed E-state index contributed by atoms with van der Waals surface area (Å²) in [7, 11) is 0. The molecule has 2 rings (SSSR count). The van der Waals surface area contributed by atoms with Gasteiger partial charge in [0.15, 0.2) is 0 Å². The second kappa shape index (κ2) is 6.18. The van der Waals surface area contributed by atoms with Gasteiger partial charge in [-0.25, -0.2) is 13.8 Å². The van der Waals surface area contributed by atoms with Crippen molar-refractivity contribution in [3.8, 4) is 18.2 Å². The highest BCUT2D eigenvalue weighted by Crippen LogP contribution is 2.13. The number of aromatic nitrogens is 2. The largest absolute Gasteiger partial charge is 0.472 e. The van der Waals surface area contributed by atoms with Crippen LogP contribution >= 0.6 is 0 Å². The summed E-state index contributed by atoms with van der Waals surface area (Å²) < 4.78 is 32.8. The van der Waals surface area contributed by atoms with Crippen molar-refractivity contribution in [1.29, 1.82) is 0 Å². The van der Waals surface area contributed by atoms with Gasteiger partial charge < -0.3 is 4.74 Å². The number of terminal acetylenes is 1. The van der Waals surface area contributed by atoms with Crippen LogP contribution in [0.1, 0.15) is 11.4 Å². The molecule has 0 aliphatic heterocycles. The van der Waals surface area contributed by atoms with Gasteiger partial charge in [0.2, 0.25) is 5.88 Å². The van der Waals surface area contributed by atoms with E-state index in [9.17, 15) is 13.6 Å². The van der Waals surface area contributed by atoms with Gasteiger partial charge in [-0.05, 0) is 19.1 Å². The number of benzene rings is 1. The van der Waals surface area contributed by atoms with Crippen LogP contribution in [0.25, 0.3) is 0 Å². The van der Waals surface area contributed by atoms with Gasteiger partial charge in [-0.3, -0.25) is 9.36 Å². The van der Waals surface area contributed by atoms with Crippen LogP contribution in [0, 0.1) is 30.9 Å². The third-order valence-corrected chi connectivity index (χ3v) is 2.82. The number of hydrogen-bond donors (Lipinski definition) is 0. The minimum atomic E-state index is -0.715. The van der Waals surface area contributed by atoms with Crippen LogP contribution in [-0.2, 0) is 13.2 Å². The maximum absolute atomic E-state index is 13.4. The van der Waals surface area contributed by atoms with E-state index in [1.165, 1.54) is 16.7 Å². The third-order valence-electron chi connectivity index (χ3n) is 2.82. The van der Waals surface area contributed by atoms with E-state index in [1.807, 2.05) is 0 Å². The Morgan fingerprint density at radius 1 is 1.38 bits per heavy atom. The smallest absolute Gasteiger partial charge is 0.258 e. The van der Waals surface area contributed by atoms with Gasteiger partial charge in [-0.1, -0.05) is 5.92 Å².